The van der Waals surface area contributed by atoms with Gasteiger partial charge in [0.15, 0.2) is 0 Å². The molecule has 1 unspecified atom stereocenters. The van der Waals surface area contributed by atoms with Crippen molar-refractivity contribution in [2.24, 2.45) is 11.7 Å². The highest BCUT2D eigenvalue weighted by Crippen LogP contribution is 2.20. The van der Waals surface area contributed by atoms with Crippen LogP contribution < -0.4 is 11.1 Å². The molecule has 0 aromatic rings. The summed E-state index contributed by atoms with van der Waals surface area (Å²) in [6.45, 7) is 24.8. The maximum absolute atomic E-state index is 5.45. The van der Waals surface area contributed by atoms with E-state index in [-0.39, 0.29) is 0 Å². The first-order chi connectivity index (χ1) is 42.3. The standard InChI is InChI=1S/C36H73N.C25H53N.C15H31N.C5H12N2/c1-5-7-9-11-13-14-15-16-17-18-19-20-22-26-30-34-37(4)35-31-27-23-21-25-29-33-36(3)32-28-24-12-10-8-6-2;1-4-6-8-10-12-14-16-18-20-22-24-26(3)25-23-21-19-17-15-13-11-9-7-5-2;1-2-3-4-5-6-7-8-9-10-11-12-13-14-15-16;1-7-4-2-6-3-5-7/h15-16,36H,5-14,17-35H2,1-4H3;4-25H2,1-3H3;7-8H,2-6,9-16H2,1H3;6H,2-5H2,1H3/b16-15+;;8-7+;. The smallest absolute Gasteiger partial charge is 0.0104 e. The molecule has 0 aromatic heterocycles. The van der Waals surface area contributed by atoms with E-state index in [1.807, 2.05) is 0 Å². The number of likely N-dealkylation sites (N-methyl/N-ethyl adjacent to an activating group) is 1. The first-order valence-corrected chi connectivity index (χ1v) is 40.1. The number of rotatable bonds is 65. The molecule has 0 amide bonds. The zero-order valence-corrected chi connectivity index (χ0v) is 61.7. The van der Waals surface area contributed by atoms with Gasteiger partial charge in [-0.15, -0.1) is 0 Å². The van der Waals surface area contributed by atoms with Crippen molar-refractivity contribution in [3.63, 3.8) is 0 Å². The van der Waals surface area contributed by atoms with Gasteiger partial charge < -0.3 is 25.8 Å². The predicted octanol–water partition coefficient (Wildman–Crippen LogP) is 25.8. The van der Waals surface area contributed by atoms with Crippen molar-refractivity contribution in [2.75, 3.05) is 80.0 Å². The molecule has 0 bridgehead atoms. The lowest BCUT2D eigenvalue weighted by molar-refractivity contribution is 0.291. The fourth-order valence-electron chi connectivity index (χ4n) is 12.1. The molecule has 86 heavy (non-hydrogen) atoms. The average Bonchev–Trinajstić information content (AvgIpc) is 3.51. The molecule has 0 aromatic carbocycles. The van der Waals surface area contributed by atoms with Gasteiger partial charge in [-0.2, -0.15) is 0 Å². The highest BCUT2D eigenvalue weighted by molar-refractivity contribution is 4.82. The van der Waals surface area contributed by atoms with Crippen molar-refractivity contribution >= 4 is 0 Å². The van der Waals surface area contributed by atoms with Crippen LogP contribution in [-0.4, -0.2) is 94.7 Å². The lowest BCUT2D eigenvalue weighted by atomic mass is 9.96. The monoisotopic (exact) mass is 1210 g/mol. The lowest BCUT2D eigenvalue weighted by Crippen LogP contribution is -2.40. The number of nitrogens with two attached hydrogens (primary N) is 1. The van der Waals surface area contributed by atoms with Crippen molar-refractivity contribution in [3.05, 3.63) is 24.3 Å². The van der Waals surface area contributed by atoms with E-state index >= 15 is 0 Å². The van der Waals surface area contributed by atoms with Gasteiger partial charge >= 0.3 is 0 Å². The minimum atomic E-state index is 0.859. The number of hydrogen-bond donors (Lipinski definition) is 2. The van der Waals surface area contributed by atoms with E-state index in [9.17, 15) is 0 Å². The second-order valence-electron chi connectivity index (χ2n) is 27.8. The summed E-state index contributed by atoms with van der Waals surface area (Å²) in [7, 11) is 6.81. The zero-order chi connectivity index (χ0) is 63.2. The van der Waals surface area contributed by atoms with Crippen molar-refractivity contribution in [2.45, 2.75) is 414 Å². The third-order valence-corrected chi connectivity index (χ3v) is 18.4. The van der Waals surface area contributed by atoms with Crippen LogP contribution in [-0.2, 0) is 0 Å². The summed E-state index contributed by atoms with van der Waals surface area (Å²) in [5, 5.41) is 3.27. The minimum Gasteiger partial charge on any atom is -0.330 e. The summed E-state index contributed by atoms with van der Waals surface area (Å²) in [5.74, 6) is 0.955. The van der Waals surface area contributed by atoms with Crippen LogP contribution in [0, 0.1) is 5.92 Å². The summed E-state index contributed by atoms with van der Waals surface area (Å²) in [5.41, 5.74) is 5.45. The third-order valence-electron chi connectivity index (χ3n) is 18.4. The Morgan fingerprint density at radius 2 is 0.523 bits per heavy atom. The fraction of sp³-hybridized carbons (Fsp3) is 0.951. The van der Waals surface area contributed by atoms with Gasteiger partial charge in [-0.25, -0.2) is 0 Å². The van der Waals surface area contributed by atoms with Gasteiger partial charge in [0.2, 0.25) is 0 Å². The molecule has 0 aliphatic carbocycles. The Labute approximate surface area is 547 Å². The van der Waals surface area contributed by atoms with Crippen LogP contribution in [0.25, 0.3) is 0 Å². The number of hydrogen-bond acceptors (Lipinski definition) is 5. The Bertz CT molecular complexity index is 1160. The summed E-state index contributed by atoms with van der Waals surface area (Å²) >= 11 is 0. The molecule has 3 N–H and O–H groups in total. The summed E-state index contributed by atoms with van der Waals surface area (Å²) in [6.07, 6.45) is 91.6. The van der Waals surface area contributed by atoms with E-state index in [2.05, 4.69) is 107 Å². The molecule has 5 nitrogen and oxygen atoms in total. The van der Waals surface area contributed by atoms with Gasteiger partial charge in [0.05, 0.1) is 0 Å². The molecular weight excluding hydrogens is 1040 g/mol. The quantitative estimate of drug-likeness (QED) is 0.0469. The van der Waals surface area contributed by atoms with Crippen molar-refractivity contribution in [3.8, 4) is 0 Å². The van der Waals surface area contributed by atoms with Gasteiger partial charge in [0, 0.05) is 26.2 Å². The number of allylic oxidation sites excluding steroid dienone is 4. The highest BCUT2D eigenvalue weighted by Gasteiger charge is 2.05. The largest absolute Gasteiger partial charge is 0.330 e. The third kappa shape index (κ3) is 87.5. The predicted molar refractivity (Wildman–Crippen MR) is 398 cm³/mol. The topological polar surface area (TPSA) is 47.8 Å². The van der Waals surface area contributed by atoms with Crippen LogP contribution in [0.15, 0.2) is 24.3 Å². The minimum absolute atomic E-state index is 0.859. The maximum Gasteiger partial charge on any atom is 0.0104 e. The van der Waals surface area contributed by atoms with Gasteiger partial charge in [-0.1, -0.05) is 355 Å². The fourth-order valence-corrected chi connectivity index (χ4v) is 12.1. The highest BCUT2D eigenvalue weighted by atomic mass is 15.2. The molecule has 1 aliphatic rings. The Morgan fingerprint density at radius 1 is 0.314 bits per heavy atom. The molecule has 1 rings (SSSR count). The number of nitrogens with one attached hydrogen (secondary N) is 1. The summed E-state index contributed by atoms with van der Waals surface area (Å²) in [4.78, 5) is 7.48. The summed E-state index contributed by atoms with van der Waals surface area (Å²) in [6, 6.07) is 0. The van der Waals surface area contributed by atoms with E-state index in [4.69, 9.17) is 5.73 Å². The maximum atomic E-state index is 5.45. The van der Waals surface area contributed by atoms with Crippen LogP contribution in [0.5, 0.6) is 0 Å². The first kappa shape index (κ1) is 89.5. The number of unbranched alkanes of at least 4 members (excludes halogenated alkanes) is 48. The number of nitrogens with zero attached hydrogens (tertiary/aromatic N) is 3. The molecule has 1 fully saturated rings. The average molecular weight is 1210 g/mol. The Morgan fingerprint density at radius 3 is 0.756 bits per heavy atom. The van der Waals surface area contributed by atoms with Crippen LogP contribution in [0.3, 0.4) is 0 Å². The van der Waals surface area contributed by atoms with Gasteiger partial charge in [0.25, 0.3) is 0 Å². The molecule has 0 saturated carbocycles. The SMILES string of the molecule is CCCCCC/C=C/CCCCCCCN.CCCCCCC/C=C/CCCCCCCCN(C)CCCCCCCCC(C)CCCCCCCC.CCCCCCCCCCCCN(C)CCCCCCCCCCCC.CN1CCNCC1. The summed E-state index contributed by atoms with van der Waals surface area (Å²) < 4.78 is 0. The van der Waals surface area contributed by atoms with Crippen LogP contribution in [0.4, 0.5) is 0 Å². The van der Waals surface area contributed by atoms with Crippen molar-refractivity contribution in [1.29, 1.82) is 0 Å². The van der Waals surface area contributed by atoms with E-state index in [1.54, 1.807) is 0 Å². The normalized spacial score (nSPS) is 13.2. The Balaban J connectivity index is -0.00000121. The van der Waals surface area contributed by atoms with E-state index < -0.39 is 0 Å². The van der Waals surface area contributed by atoms with E-state index in [0.29, 0.717) is 0 Å². The molecular formula is C81H169N5. The van der Waals surface area contributed by atoms with E-state index in [0.717, 1.165) is 25.6 Å². The molecule has 518 valence electrons. The molecule has 1 saturated heterocycles. The van der Waals surface area contributed by atoms with Gasteiger partial charge in [-0.3, -0.25) is 0 Å². The van der Waals surface area contributed by atoms with Crippen molar-refractivity contribution < 1.29 is 0 Å². The van der Waals surface area contributed by atoms with Crippen molar-refractivity contribution in [1.82, 2.24) is 20.0 Å². The Kier molecular flexibility index (Phi) is 87.7. The van der Waals surface area contributed by atoms with E-state index in [1.165, 1.54) is 412 Å². The van der Waals surface area contributed by atoms with Crippen LogP contribution >= 0.6 is 0 Å². The molecule has 5 heteroatoms. The second-order valence-corrected chi connectivity index (χ2v) is 27.8. The molecule has 1 heterocycles. The van der Waals surface area contributed by atoms with Gasteiger partial charge in [0.1, 0.15) is 0 Å². The Hall–Kier alpha value is -0.720. The van der Waals surface area contributed by atoms with Crippen LogP contribution in [0.2, 0.25) is 0 Å². The molecule has 0 spiro atoms. The second kappa shape index (κ2) is 84.3. The van der Waals surface area contributed by atoms with Crippen LogP contribution in [0.1, 0.15) is 414 Å². The number of piperazine rings is 1. The lowest BCUT2D eigenvalue weighted by Gasteiger charge is -2.21. The van der Waals surface area contributed by atoms with Gasteiger partial charge in [-0.05, 0) is 143 Å². The zero-order valence-electron chi connectivity index (χ0n) is 61.7. The first-order valence-electron chi connectivity index (χ1n) is 40.1. The molecule has 1 aliphatic heterocycles. The molecule has 1 atom stereocenters. The molecule has 0 radical (unpaired) electrons.